The van der Waals surface area contributed by atoms with Crippen molar-refractivity contribution in [2.75, 3.05) is 6.61 Å². The first-order valence-electron chi connectivity index (χ1n) is 5.68. The van der Waals surface area contributed by atoms with Gasteiger partial charge in [-0.1, -0.05) is 62.6 Å². The zero-order valence-corrected chi connectivity index (χ0v) is 10.9. The molecule has 0 aromatic heterocycles. The Morgan fingerprint density at radius 3 is 1.76 bits per heavy atom. The summed E-state index contributed by atoms with van der Waals surface area (Å²) < 4.78 is 32.2. The van der Waals surface area contributed by atoms with Gasteiger partial charge in [-0.2, -0.15) is 8.42 Å². The summed E-state index contributed by atoms with van der Waals surface area (Å²) in [4.78, 5) is 0. The molecule has 0 aliphatic rings. The Hall–Kier alpha value is -0.910. The molecule has 0 fully saturated rings. The minimum absolute atomic E-state index is 0.0822. The minimum atomic E-state index is -4.21. The highest BCUT2D eigenvalue weighted by Gasteiger charge is 2.01. The molecule has 1 aromatic rings. The van der Waals surface area contributed by atoms with Crippen LogP contribution in [0.1, 0.15) is 32.6 Å². The molecule has 1 aromatic carbocycles. The predicted octanol–water partition coefficient (Wildman–Crippen LogP) is 3.07. The summed E-state index contributed by atoms with van der Waals surface area (Å²) in [5, 5.41) is 0. The molecule has 0 saturated carbocycles. The smallest absolute Gasteiger partial charge is 0.264 e. The largest absolute Gasteiger partial charge is 0.397 e. The first-order valence-corrected chi connectivity index (χ1v) is 7.04. The highest BCUT2D eigenvalue weighted by molar-refractivity contribution is 7.80. The van der Waals surface area contributed by atoms with E-state index in [0.29, 0.717) is 6.42 Å². The summed E-state index contributed by atoms with van der Waals surface area (Å²) in [6.45, 7) is 2.14. The van der Waals surface area contributed by atoms with Gasteiger partial charge in [0.15, 0.2) is 0 Å². The molecule has 5 heteroatoms. The van der Waals surface area contributed by atoms with Crippen LogP contribution >= 0.6 is 0 Å². The maximum absolute atomic E-state index is 10.00. The Morgan fingerprint density at radius 1 is 0.941 bits per heavy atom. The van der Waals surface area contributed by atoms with Crippen molar-refractivity contribution in [3.8, 4) is 0 Å². The van der Waals surface area contributed by atoms with Gasteiger partial charge in [0, 0.05) is 0 Å². The average molecular weight is 260 g/mol. The normalized spacial score (nSPS) is 10.5. The highest BCUT2D eigenvalue weighted by Crippen LogP contribution is 1.99. The lowest BCUT2D eigenvalue weighted by Crippen LogP contribution is -2.04. The van der Waals surface area contributed by atoms with Crippen molar-refractivity contribution in [3.05, 3.63) is 36.4 Å². The summed E-state index contributed by atoms with van der Waals surface area (Å²) in [6, 6.07) is 12.0. The Bertz CT molecular complexity index is 321. The van der Waals surface area contributed by atoms with Gasteiger partial charge in [0.05, 0.1) is 6.61 Å². The van der Waals surface area contributed by atoms with E-state index < -0.39 is 10.4 Å². The molecule has 0 aliphatic heterocycles. The van der Waals surface area contributed by atoms with Gasteiger partial charge in [-0.3, -0.25) is 4.55 Å². The number of rotatable bonds is 6. The quantitative estimate of drug-likeness (QED) is 0.630. The molecule has 98 valence electrons. The van der Waals surface area contributed by atoms with Gasteiger partial charge in [-0.05, 0) is 6.42 Å². The van der Waals surface area contributed by atoms with Gasteiger partial charge in [-0.25, -0.2) is 4.18 Å². The summed E-state index contributed by atoms with van der Waals surface area (Å²) >= 11 is 0. The van der Waals surface area contributed by atoms with Crippen molar-refractivity contribution in [1.82, 2.24) is 0 Å². The lowest BCUT2D eigenvalue weighted by atomic mass is 10.2. The Labute approximate surface area is 104 Å². The summed E-state index contributed by atoms with van der Waals surface area (Å²) in [5.74, 6) is 0. The van der Waals surface area contributed by atoms with Crippen molar-refractivity contribution >= 4 is 10.4 Å². The van der Waals surface area contributed by atoms with E-state index in [4.69, 9.17) is 4.55 Å². The van der Waals surface area contributed by atoms with Crippen LogP contribution in [-0.2, 0) is 14.6 Å². The second kappa shape index (κ2) is 10.3. The Morgan fingerprint density at radius 2 is 1.41 bits per heavy atom. The molecule has 4 nitrogen and oxygen atoms in total. The molecule has 17 heavy (non-hydrogen) atoms. The Balaban J connectivity index is 0.000000354. The van der Waals surface area contributed by atoms with Crippen molar-refractivity contribution in [2.45, 2.75) is 32.6 Å². The molecule has 0 unspecified atom stereocenters. The van der Waals surface area contributed by atoms with Crippen molar-refractivity contribution in [1.29, 1.82) is 0 Å². The Kier molecular flexibility index (Phi) is 9.71. The number of unbranched alkanes of at least 4 members (excludes halogenated alkanes) is 3. The van der Waals surface area contributed by atoms with Crippen LogP contribution in [0.5, 0.6) is 0 Å². The van der Waals surface area contributed by atoms with Crippen LogP contribution in [0.2, 0.25) is 0 Å². The minimum Gasteiger partial charge on any atom is -0.264 e. The summed E-state index contributed by atoms with van der Waals surface area (Å²) in [6.07, 6.45) is 3.76. The molecule has 0 heterocycles. The van der Waals surface area contributed by atoms with Crippen molar-refractivity contribution in [3.63, 3.8) is 0 Å². The van der Waals surface area contributed by atoms with Gasteiger partial charge in [0.2, 0.25) is 0 Å². The van der Waals surface area contributed by atoms with E-state index in [2.05, 4.69) is 11.1 Å². The molecule has 0 aliphatic carbocycles. The van der Waals surface area contributed by atoms with Crippen LogP contribution in [0.25, 0.3) is 0 Å². The van der Waals surface area contributed by atoms with E-state index in [1.807, 2.05) is 36.4 Å². The van der Waals surface area contributed by atoms with Crippen molar-refractivity contribution in [2.24, 2.45) is 0 Å². The fourth-order valence-corrected chi connectivity index (χ4v) is 1.41. The van der Waals surface area contributed by atoms with Crippen LogP contribution < -0.4 is 0 Å². The molecule has 0 atom stereocenters. The van der Waals surface area contributed by atoms with Gasteiger partial charge < -0.3 is 0 Å². The van der Waals surface area contributed by atoms with E-state index in [9.17, 15) is 8.42 Å². The van der Waals surface area contributed by atoms with Crippen LogP contribution in [0, 0.1) is 0 Å². The topological polar surface area (TPSA) is 63.6 Å². The molecular weight excluding hydrogens is 240 g/mol. The van der Waals surface area contributed by atoms with Gasteiger partial charge >= 0.3 is 10.4 Å². The lowest BCUT2D eigenvalue weighted by Gasteiger charge is -1.98. The van der Waals surface area contributed by atoms with Crippen LogP contribution in [0.3, 0.4) is 0 Å². The number of hydrogen-bond donors (Lipinski definition) is 1. The number of hydrogen-bond acceptors (Lipinski definition) is 3. The molecular formula is C12H20O4S. The molecule has 0 bridgehead atoms. The second-order valence-electron chi connectivity index (χ2n) is 3.47. The molecule has 1 rings (SSSR count). The van der Waals surface area contributed by atoms with E-state index >= 15 is 0 Å². The van der Waals surface area contributed by atoms with Crippen molar-refractivity contribution < 1.29 is 17.2 Å². The van der Waals surface area contributed by atoms with E-state index in [1.165, 1.54) is 0 Å². The van der Waals surface area contributed by atoms with Gasteiger partial charge in [0.25, 0.3) is 0 Å². The van der Waals surface area contributed by atoms with Gasteiger partial charge in [0.1, 0.15) is 0 Å². The maximum Gasteiger partial charge on any atom is 0.397 e. The molecule has 0 amide bonds. The third-order valence-corrected chi connectivity index (χ3v) is 2.36. The summed E-state index contributed by atoms with van der Waals surface area (Å²) in [5.41, 5.74) is 0. The molecule has 0 saturated heterocycles. The summed E-state index contributed by atoms with van der Waals surface area (Å²) in [7, 11) is -4.21. The first kappa shape index (κ1) is 16.1. The average Bonchev–Trinajstić information content (AvgIpc) is 2.30. The zero-order chi connectivity index (χ0) is 13.0. The van der Waals surface area contributed by atoms with Crippen LogP contribution in [-0.4, -0.2) is 19.6 Å². The standard InChI is InChI=1S/C6H14O4S.C6H6/c1-2-3-4-5-6-10-11(7,8)9;1-2-4-6-5-3-1/h2-6H2,1H3,(H,7,8,9);1-6H. The maximum atomic E-state index is 10.00. The van der Waals surface area contributed by atoms with Crippen LogP contribution in [0.15, 0.2) is 36.4 Å². The molecule has 1 N–H and O–H groups in total. The third-order valence-electron chi connectivity index (χ3n) is 1.90. The van der Waals surface area contributed by atoms with Crippen LogP contribution in [0.4, 0.5) is 0 Å². The fraction of sp³-hybridized carbons (Fsp3) is 0.500. The third kappa shape index (κ3) is 15.1. The second-order valence-corrected chi connectivity index (χ2v) is 4.56. The lowest BCUT2D eigenvalue weighted by molar-refractivity contribution is 0.261. The monoisotopic (exact) mass is 260 g/mol. The first-order chi connectivity index (χ1) is 8.06. The van der Waals surface area contributed by atoms with E-state index in [0.717, 1.165) is 19.3 Å². The predicted molar refractivity (Wildman–Crippen MR) is 68.1 cm³/mol. The zero-order valence-electron chi connectivity index (χ0n) is 10.1. The highest BCUT2D eigenvalue weighted by atomic mass is 32.3. The molecule has 0 spiro atoms. The van der Waals surface area contributed by atoms with E-state index in [1.54, 1.807) is 0 Å². The fourth-order valence-electron chi connectivity index (χ4n) is 1.08. The van der Waals surface area contributed by atoms with Gasteiger partial charge in [-0.15, -0.1) is 0 Å². The SMILES string of the molecule is CCCCCCOS(=O)(=O)O.c1ccccc1. The number of benzene rings is 1. The molecule has 0 radical (unpaired) electrons. The van der Waals surface area contributed by atoms with E-state index in [-0.39, 0.29) is 6.61 Å².